The van der Waals surface area contributed by atoms with Gasteiger partial charge in [0, 0.05) is 19.3 Å². The van der Waals surface area contributed by atoms with Crippen molar-refractivity contribution in [3.63, 3.8) is 0 Å². The first-order valence-electron chi connectivity index (χ1n) is 18.5. The number of rotatable bonds is 33. The maximum absolute atomic E-state index is 4.90. The van der Waals surface area contributed by atoms with Crippen molar-refractivity contribution in [1.29, 1.82) is 0 Å². The summed E-state index contributed by atoms with van der Waals surface area (Å²) in [6.45, 7) is 6.95. The molecular weight excluding hydrogens is 458 g/mol. The van der Waals surface area contributed by atoms with E-state index in [1.807, 2.05) is 0 Å². The molecule has 0 aromatic rings. The smallest absolute Gasteiger partial charge is 0.0945 e. The van der Waals surface area contributed by atoms with Gasteiger partial charge in [0.2, 0.25) is 0 Å². The Morgan fingerprint density at radius 3 is 0.605 bits per heavy atom. The first-order chi connectivity index (χ1) is 18.7. The molecule has 3 N–H and O–H groups in total. The zero-order chi connectivity index (χ0) is 27.8. The SMILES string of the molecule is CCCCCCCCCCCCC([NH3+])(CCCCCCCCCCCC)CCCCCCCCCCCC. The van der Waals surface area contributed by atoms with Crippen LogP contribution < -0.4 is 5.73 Å². The fourth-order valence-corrected chi connectivity index (χ4v) is 6.34. The molecule has 0 aliphatic heterocycles. The molecule has 0 unspecified atom stereocenters. The van der Waals surface area contributed by atoms with Crippen molar-refractivity contribution in [3.05, 3.63) is 0 Å². The number of hydrogen-bond donors (Lipinski definition) is 1. The van der Waals surface area contributed by atoms with Crippen molar-refractivity contribution >= 4 is 0 Å². The summed E-state index contributed by atoms with van der Waals surface area (Å²) in [7, 11) is 0. The zero-order valence-electron chi connectivity index (χ0n) is 27.5. The van der Waals surface area contributed by atoms with Crippen LogP contribution in [0.2, 0.25) is 0 Å². The van der Waals surface area contributed by atoms with Crippen molar-refractivity contribution in [2.75, 3.05) is 0 Å². The summed E-state index contributed by atoms with van der Waals surface area (Å²) >= 11 is 0. The highest BCUT2D eigenvalue weighted by Crippen LogP contribution is 2.26. The van der Waals surface area contributed by atoms with E-state index in [-0.39, 0.29) is 0 Å². The molecular formula is C37H78N+. The van der Waals surface area contributed by atoms with E-state index >= 15 is 0 Å². The zero-order valence-corrected chi connectivity index (χ0v) is 27.5. The molecule has 0 bridgehead atoms. The minimum absolute atomic E-state index is 0.375. The molecule has 1 heteroatoms. The second-order valence-corrected chi connectivity index (χ2v) is 13.3. The molecule has 0 spiro atoms. The van der Waals surface area contributed by atoms with E-state index in [9.17, 15) is 0 Å². The van der Waals surface area contributed by atoms with E-state index < -0.39 is 0 Å². The highest BCUT2D eigenvalue weighted by Gasteiger charge is 2.27. The summed E-state index contributed by atoms with van der Waals surface area (Å²) in [5, 5.41) is 0. The second kappa shape index (κ2) is 31.5. The van der Waals surface area contributed by atoms with Crippen LogP contribution in [-0.4, -0.2) is 5.54 Å². The Labute approximate surface area is 243 Å². The number of unbranched alkanes of at least 4 members (excludes halogenated alkanes) is 27. The summed E-state index contributed by atoms with van der Waals surface area (Å²) in [4.78, 5) is 0. The average molecular weight is 537 g/mol. The summed E-state index contributed by atoms with van der Waals surface area (Å²) in [5.41, 5.74) is 5.27. The molecule has 0 saturated heterocycles. The third kappa shape index (κ3) is 29.0. The van der Waals surface area contributed by atoms with E-state index in [0.717, 1.165) is 0 Å². The minimum Gasteiger partial charge on any atom is -0.353 e. The van der Waals surface area contributed by atoms with Crippen LogP contribution in [0.1, 0.15) is 233 Å². The quantitative estimate of drug-likeness (QED) is 0.0807. The van der Waals surface area contributed by atoms with Gasteiger partial charge in [-0.1, -0.05) is 194 Å². The van der Waals surface area contributed by atoms with Crippen LogP contribution in [0.25, 0.3) is 0 Å². The van der Waals surface area contributed by atoms with Gasteiger partial charge in [-0.15, -0.1) is 0 Å². The maximum atomic E-state index is 4.90. The lowest BCUT2D eigenvalue weighted by molar-refractivity contribution is -0.484. The fourth-order valence-electron chi connectivity index (χ4n) is 6.34. The minimum atomic E-state index is 0.375. The van der Waals surface area contributed by atoms with Gasteiger partial charge >= 0.3 is 0 Å². The van der Waals surface area contributed by atoms with Crippen molar-refractivity contribution in [2.24, 2.45) is 0 Å². The summed E-state index contributed by atoms with van der Waals surface area (Å²) in [5.74, 6) is 0. The van der Waals surface area contributed by atoms with E-state index in [4.69, 9.17) is 5.73 Å². The maximum Gasteiger partial charge on any atom is 0.0945 e. The first kappa shape index (κ1) is 38.0. The second-order valence-electron chi connectivity index (χ2n) is 13.3. The van der Waals surface area contributed by atoms with Crippen LogP contribution in [0.3, 0.4) is 0 Å². The molecule has 38 heavy (non-hydrogen) atoms. The third-order valence-corrected chi connectivity index (χ3v) is 9.18. The summed E-state index contributed by atoms with van der Waals surface area (Å²) in [6.07, 6.45) is 47.5. The van der Waals surface area contributed by atoms with Gasteiger partial charge in [0.05, 0.1) is 5.54 Å². The molecule has 0 aromatic heterocycles. The Balaban J connectivity index is 4.06. The lowest BCUT2D eigenvalue weighted by Gasteiger charge is -2.26. The predicted octanol–water partition coefficient (Wildman–Crippen LogP) is 12.9. The first-order valence-corrected chi connectivity index (χ1v) is 18.5. The lowest BCUT2D eigenvalue weighted by atomic mass is 9.82. The van der Waals surface area contributed by atoms with E-state index in [2.05, 4.69) is 20.8 Å². The average Bonchev–Trinajstić information content (AvgIpc) is 2.92. The molecule has 0 heterocycles. The summed E-state index contributed by atoms with van der Waals surface area (Å²) < 4.78 is 0. The standard InChI is InChI=1S/C37H77N/c1-4-7-10-13-16-19-22-25-28-31-34-37(38,35-32-29-26-23-20-17-14-11-8-5-2)36-33-30-27-24-21-18-15-12-9-6-3/h4-36,38H2,1-3H3/p+1. The van der Waals surface area contributed by atoms with Gasteiger partial charge in [-0.3, -0.25) is 0 Å². The van der Waals surface area contributed by atoms with Gasteiger partial charge < -0.3 is 5.73 Å². The van der Waals surface area contributed by atoms with Gasteiger partial charge in [0.1, 0.15) is 0 Å². The van der Waals surface area contributed by atoms with Crippen LogP contribution in [0.5, 0.6) is 0 Å². The highest BCUT2D eigenvalue weighted by molar-refractivity contribution is 4.77. The van der Waals surface area contributed by atoms with Crippen molar-refractivity contribution in [2.45, 2.75) is 238 Å². The van der Waals surface area contributed by atoms with Crippen molar-refractivity contribution < 1.29 is 5.73 Å². The van der Waals surface area contributed by atoms with Gasteiger partial charge in [-0.25, -0.2) is 0 Å². The Hall–Kier alpha value is -0.0400. The molecule has 0 amide bonds. The van der Waals surface area contributed by atoms with Crippen LogP contribution in [0, 0.1) is 0 Å². The van der Waals surface area contributed by atoms with Gasteiger partial charge in [0.25, 0.3) is 0 Å². The van der Waals surface area contributed by atoms with E-state index in [1.54, 1.807) is 0 Å². The van der Waals surface area contributed by atoms with Crippen LogP contribution in [-0.2, 0) is 0 Å². The molecule has 0 aromatic carbocycles. The monoisotopic (exact) mass is 537 g/mol. The van der Waals surface area contributed by atoms with Crippen LogP contribution >= 0.6 is 0 Å². The number of hydrogen-bond acceptors (Lipinski definition) is 0. The molecule has 0 rings (SSSR count). The molecule has 0 fully saturated rings. The van der Waals surface area contributed by atoms with Crippen molar-refractivity contribution in [1.82, 2.24) is 0 Å². The predicted molar refractivity (Wildman–Crippen MR) is 175 cm³/mol. The van der Waals surface area contributed by atoms with Crippen LogP contribution in [0.15, 0.2) is 0 Å². The largest absolute Gasteiger partial charge is 0.353 e. The molecule has 0 radical (unpaired) electrons. The Kier molecular flexibility index (Phi) is 31.5. The topological polar surface area (TPSA) is 27.6 Å². The Morgan fingerprint density at radius 2 is 0.421 bits per heavy atom. The molecule has 1 nitrogen and oxygen atoms in total. The molecule has 0 saturated carbocycles. The normalized spacial score (nSPS) is 12.0. The molecule has 0 aliphatic rings. The molecule has 230 valence electrons. The van der Waals surface area contributed by atoms with Crippen LogP contribution in [0.4, 0.5) is 0 Å². The molecule has 0 atom stereocenters. The number of quaternary nitrogens is 1. The third-order valence-electron chi connectivity index (χ3n) is 9.18. The van der Waals surface area contributed by atoms with Gasteiger partial charge in [-0.2, -0.15) is 0 Å². The van der Waals surface area contributed by atoms with E-state index in [1.165, 1.54) is 212 Å². The Bertz CT molecular complexity index is 357. The van der Waals surface area contributed by atoms with Gasteiger partial charge in [0.15, 0.2) is 0 Å². The molecule has 0 aliphatic carbocycles. The fraction of sp³-hybridized carbons (Fsp3) is 1.00. The highest BCUT2D eigenvalue weighted by atomic mass is 14.7. The van der Waals surface area contributed by atoms with Crippen molar-refractivity contribution in [3.8, 4) is 0 Å². The summed E-state index contributed by atoms with van der Waals surface area (Å²) in [6, 6.07) is 0. The lowest BCUT2D eigenvalue weighted by Crippen LogP contribution is -2.72. The Morgan fingerprint density at radius 1 is 0.263 bits per heavy atom. The van der Waals surface area contributed by atoms with E-state index in [0.29, 0.717) is 5.54 Å². The van der Waals surface area contributed by atoms with Gasteiger partial charge in [-0.05, 0) is 19.3 Å².